The Balaban J connectivity index is 2.19. The van der Waals surface area contributed by atoms with E-state index in [1.807, 2.05) is 0 Å². The Bertz CT molecular complexity index is 52.8. The lowest BCUT2D eigenvalue weighted by molar-refractivity contribution is -0.699. The molecule has 1 nitrogen and oxygen atoms in total. The zero-order chi connectivity index (χ0) is 5.98. The van der Waals surface area contributed by atoms with Gasteiger partial charge in [0.15, 0.2) is 0 Å². The normalized spacial score (nSPS) is 39.8. The zero-order valence-electron chi connectivity index (χ0n) is 5.85. The van der Waals surface area contributed by atoms with Gasteiger partial charge in [0.1, 0.15) is 0 Å². The van der Waals surface area contributed by atoms with E-state index in [1.165, 1.54) is 19.4 Å². The standard InChI is InChI=1S/C7H15N/c1-6-3-4-7(2)8-5-6/h6-8H,3-5H2,1-2H3/p+1/t6-,7-/m0/s1. The van der Waals surface area contributed by atoms with Crippen molar-refractivity contribution in [1.82, 2.24) is 0 Å². The number of nitrogens with two attached hydrogens (primary N) is 1. The Morgan fingerprint density at radius 1 is 1.25 bits per heavy atom. The quantitative estimate of drug-likeness (QED) is 0.468. The van der Waals surface area contributed by atoms with Crippen LogP contribution in [0.1, 0.15) is 26.7 Å². The summed E-state index contributed by atoms with van der Waals surface area (Å²) in [6.45, 7) is 6.00. The molecular formula is C7H16N+. The molecule has 0 aliphatic carbocycles. The molecule has 0 amide bonds. The Morgan fingerprint density at radius 3 is 2.38 bits per heavy atom. The molecule has 1 fully saturated rings. The van der Waals surface area contributed by atoms with Gasteiger partial charge in [-0.3, -0.25) is 0 Å². The molecule has 48 valence electrons. The molecule has 1 rings (SSSR count). The number of rotatable bonds is 0. The third-order valence-electron chi connectivity index (χ3n) is 2.06. The van der Waals surface area contributed by atoms with E-state index < -0.39 is 0 Å². The maximum Gasteiger partial charge on any atom is 0.0830 e. The number of hydrogen-bond donors (Lipinski definition) is 1. The Hall–Kier alpha value is -0.0400. The molecule has 0 radical (unpaired) electrons. The predicted octanol–water partition coefficient (Wildman–Crippen LogP) is 0.368. The van der Waals surface area contributed by atoms with Gasteiger partial charge in [0, 0.05) is 5.92 Å². The SMILES string of the molecule is C[C@H]1CC[C@H](C)[NH2+]C1. The molecule has 1 saturated heterocycles. The van der Waals surface area contributed by atoms with E-state index in [2.05, 4.69) is 19.2 Å². The highest BCUT2D eigenvalue weighted by atomic mass is 14.9. The monoisotopic (exact) mass is 114 g/mol. The average Bonchev–Trinajstić information content (AvgIpc) is 1.77. The highest BCUT2D eigenvalue weighted by Crippen LogP contribution is 2.07. The van der Waals surface area contributed by atoms with Crippen LogP contribution in [0.4, 0.5) is 0 Å². The Labute approximate surface area is 51.5 Å². The fourth-order valence-corrected chi connectivity index (χ4v) is 1.25. The summed E-state index contributed by atoms with van der Waals surface area (Å²) in [5, 5.41) is 2.45. The van der Waals surface area contributed by atoms with Crippen molar-refractivity contribution in [2.45, 2.75) is 32.7 Å². The number of quaternary nitrogens is 1. The van der Waals surface area contributed by atoms with Gasteiger partial charge in [-0.1, -0.05) is 6.92 Å². The summed E-state index contributed by atoms with van der Waals surface area (Å²) >= 11 is 0. The molecule has 2 N–H and O–H groups in total. The molecular weight excluding hydrogens is 98.1 g/mol. The van der Waals surface area contributed by atoms with Gasteiger partial charge in [0.2, 0.25) is 0 Å². The summed E-state index contributed by atoms with van der Waals surface area (Å²) < 4.78 is 0. The molecule has 0 aromatic heterocycles. The van der Waals surface area contributed by atoms with Gasteiger partial charge in [-0.2, -0.15) is 0 Å². The first-order valence-electron chi connectivity index (χ1n) is 3.62. The van der Waals surface area contributed by atoms with Crippen molar-refractivity contribution < 1.29 is 5.32 Å². The predicted molar refractivity (Wildman–Crippen MR) is 34.7 cm³/mol. The summed E-state index contributed by atoms with van der Waals surface area (Å²) in [4.78, 5) is 0. The maximum atomic E-state index is 2.45. The van der Waals surface area contributed by atoms with Crippen molar-refractivity contribution in [2.75, 3.05) is 6.54 Å². The molecule has 1 aliphatic heterocycles. The molecule has 0 spiro atoms. The van der Waals surface area contributed by atoms with Crippen LogP contribution in [0.15, 0.2) is 0 Å². The second-order valence-corrected chi connectivity index (χ2v) is 3.13. The van der Waals surface area contributed by atoms with Crippen LogP contribution in [-0.2, 0) is 0 Å². The van der Waals surface area contributed by atoms with E-state index in [0.717, 1.165) is 12.0 Å². The first kappa shape index (κ1) is 6.09. The van der Waals surface area contributed by atoms with Crippen molar-refractivity contribution in [3.63, 3.8) is 0 Å². The minimum absolute atomic E-state index is 0.895. The fourth-order valence-electron chi connectivity index (χ4n) is 1.25. The van der Waals surface area contributed by atoms with Gasteiger partial charge in [0.25, 0.3) is 0 Å². The lowest BCUT2D eigenvalue weighted by Crippen LogP contribution is -2.91. The molecule has 0 aromatic carbocycles. The molecule has 2 atom stereocenters. The first-order valence-corrected chi connectivity index (χ1v) is 3.62. The van der Waals surface area contributed by atoms with Crippen molar-refractivity contribution in [3.05, 3.63) is 0 Å². The zero-order valence-corrected chi connectivity index (χ0v) is 5.85. The van der Waals surface area contributed by atoms with Gasteiger partial charge >= 0.3 is 0 Å². The molecule has 8 heavy (non-hydrogen) atoms. The molecule has 0 bridgehead atoms. The highest BCUT2D eigenvalue weighted by molar-refractivity contribution is 4.58. The van der Waals surface area contributed by atoms with Crippen molar-refractivity contribution in [2.24, 2.45) is 5.92 Å². The second kappa shape index (κ2) is 2.49. The summed E-state index contributed by atoms with van der Waals surface area (Å²) in [7, 11) is 0. The molecule has 1 aliphatic rings. The number of piperidine rings is 1. The maximum absolute atomic E-state index is 2.45. The van der Waals surface area contributed by atoms with E-state index in [4.69, 9.17) is 0 Å². The minimum Gasteiger partial charge on any atom is -0.344 e. The smallest absolute Gasteiger partial charge is 0.0830 e. The van der Waals surface area contributed by atoms with Gasteiger partial charge in [-0.05, 0) is 19.8 Å². The molecule has 0 saturated carbocycles. The van der Waals surface area contributed by atoms with Crippen LogP contribution in [0.2, 0.25) is 0 Å². The Morgan fingerprint density at radius 2 is 2.00 bits per heavy atom. The molecule has 1 heteroatoms. The second-order valence-electron chi connectivity index (χ2n) is 3.13. The summed E-state index contributed by atoms with van der Waals surface area (Å²) in [5.41, 5.74) is 0. The molecule has 1 heterocycles. The van der Waals surface area contributed by atoms with E-state index >= 15 is 0 Å². The van der Waals surface area contributed by atoms with Crippen molar-refractivity contribution >= 4 is 0 Å². The topological polar surface area (TPSA) is 16.6 Å². The van der Waals surface area contributed by atoms with Crippen LogP contribution in [0.3, 0.4) is 0 Å². The fraction of sp³-hybridized carbons (Fsp3) is 1.00. The summed E-state index contributed by atoms with van der Waals surface area (Å²) in [6, 6.07) is 0.895. The average molecular weight is 114 g/mol. The minimum atomic E-state index is 0.895. The van der Waals surface area contributed by atoms with Crippen molar-refractivity contribution in [1.29, 1.82) is 0 Å². The third kappa shape index (κ3) is 1.48. The summed E-state index contributed by atoms with van der Waals surface area (Å²) in [6.07, 6.45) is 2.86. The lowest BCUT2D eigenvalue weighted by Gasteiger charge is -2.20. The van der Waals surface area contributed by atoms with Crippen LogP contribution < -0.4 is 5.32 Å². The molecule has 0 unspecified atom stereocenters. The van der Waals surface area contributed by atoms with E-state index in [0.29, 0.717) is 0 Å². The largest absolute Gasteiger partial charge is 0.344 e. The van der Waals surface area contributed by atoms with Gasteiger partial charge < -0.3 is 5.32 Å². The van der Waals surface area contributed by atoms with Gasteiger partial charge in [0.05, 0.1) is 12.6 Å². The van der Waals surface area contributed by atoms with Crippen LogP contribution in [0.25, 0.3) is 0 Å². The Kier molecular flexibility index (Phi) is 1.90. The van der Waals surface area contributed by atoms with E-state index in [-0.39, 0.29) is 0 Å². The first-order chi connectivity index (χ1) is 3.79. The van der Waals surface area contributed by atoms with Gasteiger partial charge in [-0.15, -0.1) is 0 Å². The van der Waals surface area contributed by atoms with Crippen LogP contribution in [-0.4, -0.2) is 12.6 Å². The van der Waals surface area contributed by atoms with Gasteiger partial charge in [-0.25, -0.2) is 0 Å². The van der Waals surface area contributed by atoms with Crippen LogP contribution in [0.5, 0.6) is 0 Å². The summed E-state index contributed by atoms with van der Waals surface area (Å²) in [5.74, 6) is 0.964. The van der Waals surface area contributed by atoms with Crippen molar-refractivity contribution in [3.8, 4) is 0 Å². The van der Waals surface area contributed by atoms with Crippen LogP contribution in [0, 0.1) is 5.92 Å². The number of hydrogen-bond acceptors (Lipinski definition) is 0. The lowest BCUT2D eigenvalue weighted by atomic mass is 9.98. The third-order valence-corrected chi connectivity index (χ3v) is 2.06. The van der Waals surface area contributed by atoms with E-state index in [1.54, 1.807) is 0 Å². The molecule has 0 aromatic rings. The highest BCUT2D eigenvalue weighted by Gasteiger charge is 2.15. The van der Waals surface area contributed by atoms with Crippen LogP contribution >= 0.6 is 0 Å². The van der Waals surface area contributed by atoms with E-state index in [9.17, 15) is 0 Å².